The lowest BCUT2D eigenvalue weighted by atomic mass is 9.82. The second kappa shape index (κ2) is 12.3. The quantitative estimate of drug-likeness (QED) is 0.171. The number of hydrogen-bond acceptors (Lipinski definition) is 2. The summed E-state index contributed by atoms with van der Waals surface area (Å²) in [5.41, 5.74) is 13.6. The van der Waals surface area contributed by atoms with Crippen molar-refractivity contribution in [3.8, 4) is 33.4 Å². The van der Waals surface area contributed by atoms with Gasteiger partial charge < -0.3 is 4.90 Å². The van der Waals surface area contributed by atoms with E-state index in [1.165, 1.54) is 86.2 Å². The third kappa shape index (κ3) is 5.06. The van der Waals surface area contributed by atoms with Gasteiger partial charge in [-0.25, -0.2) is 0 Å². The van der Waals surface area contributed by atoms with E-state index in [0.29, 0.717) is 0 Å². The van der Waals surface area contributed by atoms with Gasteiger partial charge in [0.1, 0.15) is 0 Å². The van der Waals surface area contributed by atoms with Crippen molar-refractivity contribution in [2.45, 2.75) is 19.3 Å². The van der Waals surface area contributed by atoms with E-state index in [1.807, 2.05) is 11.3 Å². The summed E-state index contributed by atoms with van der Waals surface area (Å²) in [6, 6.07) is 69.7. The van der Waals surface area contributed by atoms with Gasteiger partial charge in [-0.2, -0.15) is 0 Å². The van der Waals surface area contributed by atoms with Gasteiger partial charge in [-0.15, -0.1) is 11.3 Å². The first kappa shape index (κ1) is 32.0. The second-order valence-corrected chi connectivity index (χ2v) is 16.4. The molecule has 1 heterocycles. The van der Waals surface area contributed by atoms with Gasteiger partial charge in [-0.3, -0.25) is 0 Å². The molecule has 1 aliphatic carbocycles. The lowest BCUT2D eigenvalue weighted by Crippen LogP contribution is -2.15. The largest absolute Gasteiger partial charge is 0.310 e. The highest BCUT2D eigenvalue weighted by Crippen LogP contribution is 2.51. The van der Waals surface area contributed by atoms with Crippen LogP contribution < -0.4 is 4.90 Å². The number of fused-ring (bicyclic) bond motifs is 8. The number of benzene rings is 9. The molecule has 0 atom stereocenters. The van der Waals surface area contributed by atoms with Crippen LogP contribution in [-0.2, 0) is 5.41 Å². The Morgan fingerprint density at radius 1 is 0.400 bits per heavy atom. The fourth-order valence-electron chi connectivity index (χ4n) is 9.09. The zero-order valence-corrected chi connectivity index (χ0v) is 31.6. The maximum Gasteiger partial charge on any atom is 0.0540 e. The fraction of sp³-hybridized carbons (Fsp3) is 0.0566. The van der Waals surface area contributed by atoms with Crippen molar-refractivity contribution in [2.75, 3.05) is 4.90 Å². The van der Waals surface area contributed by atoms with Crippen LogP contribution in [-0.4, -0.2) is 0 Å². The molecule has 1 nitrogen and oxygen atoms in total. The van der Waals surface area contributed by atoms with Gasteiger partial charge in [0.15, 0.2) is 0 Å². The first-order valence-corrected chi connectivity index (χ1v) is 19.9. The van der Waals surface area contributed by atoms with Crippen LogP contribution in [0.15, 0.2) is 188 Å². The Morgan fingerprint density at radius 3 is 1.84 bits per heavy atom. The van der Waals surface area contributed by atoms with Gasteiger partial charge in [0, 0.05) is 42.5 Å². The van der Waals surface area contributed by atoms with Crippen LogP contribution in [0.1, 0.15) is 25.0 Å². The first-order valence-electron chi connectivity index (χ1n) is 19.1. The summed E-state index contributed by atoms with van der Waals surface area (Å²) in [5, 5.41) is 7.71. The summed E-state index contributed by atoms with van der Waals surface area (Å²) >= 11 is 1.88. The van der Waals surface area contributed by atoms with Gasteiger partial charge in [0.2, 0.25) is 0 Å². The standard InChI is InChI=1S/C53H37NS/c1-53(2)47-19-9-7-17-44(47)45-33-41(28-29-48(45)53)54(49-20-10-8-16-42(49)39-23-22-34-12-3-4-13-36(34)30-39)40-26-24-35(25-27-40)43-18-11-21-50-52(43)46-31-37-14-5-6-15-38(37)32-51(46)55-50/h3-33H,1-2H3. The van der Waals surface area contributed by atoms with Crippen LogP contribution in [0.3, 0.4) is 0 Å². The van der Waals surface area contributed by atoms with Crippen molar-refractivity contribution < 1.29 is 0 Å². The van der Waals surface area contributed by atoms with E-state index in [0.717, 1.165) is 17.1 Å². The Hall–Kier alpha value is -6.48. The number of anilines is 3. The molecule has 0 saturated heterocycles. The molecule has 0 aliphatic heterocycles. The van der Waals surface area contributed by atoms with Crippen molar-refractivity contribution in [1.29, 1.82) is 0 Å². The molecular weight excluding hydrogens is 683 g/mol. The minimum absolute atomic E-state index is 0.0565. The molecule has 260 valence electrons. The molecule has 55 heavy (non-hydrogen) atoms. The molecule has 0 unspecified atom stereocenters. The number of nitrogens with zero attached hydrogens (tertiary/aromatic N) is 1. The molecule has 0 radical (unpaired) electrons. The van der Waals surface area contributed by atoms with Crippen molar-refractivity contribution in [1.82, 2.24) is 0 Å². The molecule has 0 amide bonds. The molecule has 9 aromatic carbocycles. The number of hydrogen-bond donors (Lipinski definition) is 0. The minimum atomic E-state index is -0.0565. The van der Waals surface area contributed by atoms with Gasteiger partial charge in [-0.05, 0) is 115 Å². The molecule has 2 heteroatoms. The molecular formula is C53H37NS. The van der Waals surface area contributed by atoms with E-state index in [-0.39, 0.29) is 5.41 Å². The van der Waals surface area contributed by atoms with Gasteiger partial charge >= 0.3 is 0 Å². The van der Waals surface area contributed by atoms with Crippen molar-refractivity contribution >= 4 is 70.1 Å². The third-order valence-electron chi connectivity index (χ3n) is 11.8. The van der Waals surface area contributed by atoms with Gasteiger partial charge in [0.05, 0.1) is 5.69 Å². The minimum Gasteiger partial charge on any atom is -0.310 e. The first-order chi connectivity index (χ1) is 27.0. The molecule has 0 saturated carbocycles. The Labute approximate surface area is 325 Å². The van der Waals surface area contributed by atoms with Crippen molar-refractivity contribution in [3.05, 3.63) is 199 Å². The monoisotopic (exact) mass is 719 g/mol. The highest BCUT2D eigenvalue weighted by Gasteiger charge is 2.35. The van der Waals surface area contributed by atoms with Crippen LogP contribution >= 0.6 is 11.3 Å². The summed E-state index contributed by atoms with van der Waals surface area (Å²) in [5.74, 6) is 0. The van der Waals surface area contributed by atoms with Gasteiger partial charge in [0.25, 0.3) is 0 Å². The maximum absolute atomic E-state index is 2.45. The van der Waals surface area contributed by atoms with Crippen molar-refractivity contribution in [2.24, 2.45) is 0 Å². The Kier molecular flexibility index (Phi) is 7.14. The fourth-order valence-corrected chi connectivity index (χ4v) is 10.2. The summed E-state index contributed by atoms with van der Waals surface area (Å²) in [7, 11) is 0. The maximum atomic E-state index is 2.45. The highest BCUT2D eigenvalue weighted by molar-refractivity contribution is 7.26. The van der Waals surface area contributed by atoms with E-state index in [4.69, 9.17) is 0 Å². The van der Waals surface area contributed by atoms with Crippen LogP contribution in [0.5, 0.6) is 0 Å². The lowest BCUT2D eigenvalue weighted by Gasteiger charge is -2.29. The molecule has 1 aliphatic rings. The van der Waals surface area contributed by atoms with Crippen LogP contribution in [0.25, 0.3) is 75.1 Å². The predicted molar refractivity (Wildman–Crippen MR) is 237 cm³/mol. The lowest BCUT2D eigenvalue weighted by molar-refractivity contribution is 0.660. The summed E-state index contributed by atoms with van der Waals surface area (Å²) in [6.45, 7) is 4.70. The Bertz CT molecular complexity index is 3130. The molecule has 0 spiro atoms. The molecule has 0 bridgehead atoms. The van der Waals surface area contributed by atoms with Gasteiger partial charge in [-0.1, -0.05) is 147 Å². The smallest absolute Gasteiger partial charge is 0.0540 e. The molecule has 11 rings (SSSR count). The number of thiophene rings is 1. The van der Waals surface area contributed by atoms with E-state index < -0.39 is 0 Å². The Balaban J connectivity index is 1.09. The van der Waals surface area contributed by atoms with E-state index in [1.54, 1.807) is 0 Å². The Morgan fingerprint density at radius 2 is 1.02 bits per heavy atom. The third-order valence-corrected chi connectivity index (χ3v) is 12.9. The predicted octanol–water partition coefficient (Wildman–Crippen LogP) is 15.5. The SMILES string of the molecule is CC1(C)c2ccccc2-c2cc(N(c3ccc(-c4cccc5sc6cc7ccccc7cc6c45)cc3)c3ccccc3-c3ccc4ccccc4c3)ccc21. The van der Waals surface area contributed by atoms with Crippen LogP contribution in [0.2, 0.25) is 0 Å². The van der Waals surface area contributed by atoms with Crippen LogP contribution in [0.4, 0.5) is 17.1 Å². The molecule has 0 fully saturated rings. The zero-order chi connectivity index (χ0) is 36.7. The van der Waals surface area contributed by atoms with E-state index >= 15 is 0 Å². The zero-order valence-electron chi connectivity index (χ0n) is 30.8. The normalized spacial score (nSPS) is 13.1. The highest BCUT2D eigenvalue weighted by atomic mass is 32.1. The number of para-hydroxylation sites is 1. The molecule has 1 aromatic heterocycles. The van der Waals surface area contributed by atoms with E-state index in [2.05, 4.69) is 207 Å². The van der Waals surface area contributed by atoms with E-state index in [9.17, 15) is 0 Å². The molecule has 0 N–H and O–H groups in total. The van der Waals surface area contributed by atoms with Crippen LogP contribution in [0, 0.1) is 0 Å². The average Bonchev–Trinajstić information content (AvgIpc) is 3.71. The number of rotatable bonds is 5. The summed E-state index contributed by atoms with van der Waals surface area (Å²) in [6.07, 6.45) is 0. The summed E-state index contributed by atoms with van der Waals surface area (Å²) in [4.78, 5) is 2.45. The topological polar surface area (TPSA) is 3.24 Å². The summed E-state index contributed by atoms with van der Waals surface area (Å²) < 4.78 is 2.65. The second-order valence-electron chi connectivity index (χ2n) is 15.3. The van der Waals surface area contributed by atoms with Crippen molar-refractivity contribution in [3.63, 3.8) is 0 Å². The molecule has 10 aromatic rings. The average molecular weight is 720 g/mol.